The Balaban J connectivity index is 1.24. The van der Waals surface area contributed by atoms with Gasteiger partial charge in [-0.2, -0.15) is 0 Å². The number of rotatable bonds is 4. The van der Waals surface area contributed by atoms with Crippen LogP contribution >= 0.6 is 0 Å². The molecule has 3 aliphatic heterocycles. The average Bonchev–Trinajstić information content (AvgIpc) is 3.56. The smallest absolute Gasteiger partial charge is 0.262 e. The van der Waals surface area contributed by atoms with Crippen LogP contribution in [0.15, 0.2) is 48.5 Å². The summed E-state index contributed by atoms with van der Waals surface area (Å²) in [6.45, 7) is 1.58. The molecule has 0 radical (unpaired) electrons. The molecule has 1 spiro atoms. The first-order valence-electron chi connectivity index (χ1n) is 12.2. The fourth-order valence-corrected chi connectivity index (χ4v) is 6.00. The Morgan fingerprint density at radius 3 is 2.40 bits per heavy atom. The Kier molecular flexibility index (Phi) is 4.95. The summed E-state index contributed by atoms with van der Waals surface area (Å²) in [5, 5.41) is 13.9. The van der Waals surface area contributed by atoms with Gasteiger partial charge in [-0.15, -0.1) is 0 Å². The van der Waals surface area contributed by atoms with Crippen LogP contribution in [0.4, 0.5) is 0 Å². The van der Waals surface area contributed by atoms with E-state index in [0.29, 0.717) is 18.4 Å². The number of piperidine rings is 2. The Labute approximate surface area is 202 Å². The van der Waals surface area contributed by atoms with E-state index in [1.54, 1.807) is 18.2 Å². The van der Waals surface area contributed by atoms with Gasteiger partial charge in [-0.05, 0) is 55.4 Å². The topological polar surface area (TPSA) is 107 Å². The number of fused-ring (bicyclic) bond motifs is 1. The maximum atomic E-state index is 13.2. The third-order valence-electron chi connectivity index (χ3n) is 8.11. The van der Waals surface area contributed by atoms with Gasteiger partial charge < -0.3 is 5.11 Å². The summed E-state index contributed by atoms with van der Waals surface area (Å²) in [6, 6.07) is 14.3. The molecule has 8 heteroatoms. The van der Waals surface area contributed by atoms with Crippen molar-refractivity contribution in [2.24, 2.45) is 0 Å². The minimum Gasteiger partial charge on any atom is -0.385 e. The summed E-state index contributed by atoms with van der Waals surface area (Å²) in [7, 11) is 0. The van der Waals surface area contributed by atoms with Gasteiger partial charge in [0.25, 0.3) is 11.8 Å². The first kappa shape index (κ1) is 22.1. The van der Waals surface area contributed by atoms with Crippen molar-refractivity contribution >= 4 is 23.6 Å². The van der Waals surface area contributed by atoms with Gasteiger partial charge in [0.1, 0.15) is 6.04 Å². The number of benzene rings is 2. The fourth-order valence-electron chi connectivity index (χ4n) is 6.00. The summed E-state index contributed by atoms with van der Waals surface area (Å²) in [6.07, 6.45) is 3.34. The van der Waals surface area contributed by atoms with Crippen LogP contribution in [-0.2, 0) is 21.7 Å². The molecule has 2 atom stereocenters. The Morgan fingerprint density at radius 2 is 1.69 bits per heavy atom. The number of aliphatic hydroxyl groups is 1. The molecule has 6 rings (SSSR count). The first-order valence-corrected chi connectivity index (χ1v) is 12.2. The zero-order valence-electron chi connectivity index (χ0n) is 19.3. The maximum absolute atomic E-state index is 13.2. The highest BCUT2D eigenvalue weighted by Crippen LogP contribution is 2.54. The highest BCUT2D eigenvalue weighted by atomic mass is 16.3. The summed E-state index contributed by atoms with van der Waals surface area (Å²) in [5.41, 5.74) is 1.18. The number of likely N-dealkylation sites (tertiary alicyclic amines) is 1. The normalized spacial score (nSPS) is 27.8. The zero-order chi connectivity index (χ0) is 24.4. The lowest BCUT2D eigenvalue weighted by Crippen LogP contribution is -2.54. The van der Waals surface area contributed by atoms with Crippen molar-refractivity contribution in [3.8, 4) is 0 Å². The number of nitrogens with zero attached hydrogens (tertiary/aromatic N) is 2. The molecule has 2 N–H and O–H groups in total. The van der Waals surface area contributed by atoms with Crippen molar-refractivity contribution in [3.63, 3.8) is 0 Å². The number of carbonyl (C=O) groups excluding carboxylic acids is 4. The Bertz CT molecular complexity index is 1250. The third kappa shape index (κ3) is 3.59. The van der Waals surface area contributed by atoms with Crippen molar-refractivity contribution in [1.82, 2.24) is 15.1 Å². The lowest BCUT2D eigenvalue weighted by atomic mass is 9.78. The van der Waals surface area contributed by atoms with Crippen molar-refractivity contribution in [1.29, 1.82) is 0 Å². The van der Waals surface area contributed by atoms with E-state index in [2.05, 4.69) is 22.3 Å². The molecule has 4 aliphatic rings. The van der Waals surface area contributed by atoms with Crippen LogP contribution in [0, 0.1) is 0 Å². The molecule has 2 aromatic carbocycles. The molecule has 1 saturated carbocycles. The van der Waals surface area contributed by atoms with E-state index in [1.165, 1.54) is 5.56 Å². The van der Waals surface area contributed by atoms with Crippen LogP contribution in [0.2, 0.25) is 0 Å². The average molecular weight is 474 g/mol. The number of hydrogen-bond acceptors (Lipinski definition) is 6. The monoisotopic (exact) mass is 473 g/mol. The van der Waals surface area contributed by atoms with Crippen LogP contribution in [-0.4, -0.2) is 56.7 Å². The number of hydrogen-bond donors (Lipinski definition) is 2. The van der Waals surface area contributed by atoms with Gasteiger partial charge in [0, 0.05) is 25.0 Å². The van der Waals surface area contributed by atoms with E-state index in [1.807, 2.05) is 18.2 Å². The van der Waals surface area contributed by atoms with Gasteiger partial charge in [-0.3, -0.25) is 34.3 Å². The van der Waals surface area contributed by atoms with Gasteiger partial charge in [0.15, 0.2) is 0 Å². The lowest BCUT2D eigenvalue weighted by molar-refractivity contribution is -0.136. The van der Waals surface area contributed by atoms with E-state index in [0.717, 1.165) is 30.8 Å². The van der Waals surface area contributed by atoms with E-state index in [4.69, 9.17) is 0 Å². The van der Waals surface area contributed by atoms with Gasteiger partial charge >= 0.3 is 0 Å². The number of carbonyl (C=O) groups is 4. The molecule has 180 valence electrons. The molecule has 8 nitrogen and oxygen atoms in total. The molecule has 3 heterocycles. The molecule has 0 aromatic heterocycles. The van der Waals surface area contributed by atoms with E-state index in [9.17, 15) is 24.3 Å². The summed E-state index contributed by atoms with van der Waals surface area (Å²) < 4.78 is 0. The van der Waals surface area contributed by atoms with Crippen LogP contribution in [0.25, 0.3) is 0 Å². The largest absolute Gasteiger partial charge is 0.385 e. The highest BCUT2D eigenvalue weighted by molar-refractivity contribution is 6.23. The van der Waals surface area contributed by atoms with Crippen molar-refractivity contribution < 1.29 is 24.3 Å². The molecule has 2 unspecified atom stereocenters. The third-order valence-corrected chi connectivity index (χ3v) is 8.11. The number of amides is 4. The van der Waals surface area contributed by atoms with Gasteiger partial charge in [-0.1, -0.05) is 36.4 Å². The molecule has 4 amide bonds. The standard InChI is InChI=1S/C27H27N3O5/c31-22-9-8-21(23(32)28-22)30-24(33)19-7-6-18(14-20(19)25(30)34)27(35)12-13-29(26(16-27)10-11-26)15-17-4-2-1-3-5-17/h1-7,14,21,35H,8-13,15-16H2,(H,28,31,32). The van der Waals surface area contributed by atoms with E-state index in [-0.39, 0.29) is 29.5 Å². The SMILES string of the molecule is O=C1CCC(N2C(=O)c3ccc(C4(O)CCN(Cc5ccccc5)C5(CC5)C4)cc3C2=O)C(=O)N1. The van der Waals surface area contributed by atoms with E-state index < -0.39 is 35.3 Å². The second-order valence-corrected chi connectivity index (χ2v) is 10.3. The molecule has 1 aliphatic carbocycles. The molecular formula is C27H27N3O5. The van der Waals surface area contributed by atoms with Crippen LogP contribution in [0.5, 0.6) is 0 Å². The van der Waals surface area contributed by atoms with Crippen molar-refractivity contribution in [2.75, 3.05) is 6.54 Å². The zero-order valence-corrected chi connectivity index (χ0v) is 19.3. The molecule has 2 saturated heterocycles. The summed E-state index contributed by atoms with van der Waals surface area (Å²) in [5.74, 6) is -2.11. The van der Waals surface area contributed by atoms with Gasteiger partial charge in [0.2, 0.25) is 11.8 Å². The minimum atomic E-state index is -1.09. The molecule has 3 fully saturated rings. The quantitative estimate of drug-likeness (QED) is 0.659. The van der Waals surface area contributed by atoms with Crippen LogP contribution < -0.4 is 5.32 Å². The van der Waals surface area contributed by atoms with Crippen LogP contribution in [0.1, 0.15) is 70.4 Å². The Hall–Kier alpha value is -3.36. The number of imide groups is 2. The Morgan fingerprint density at radius 1 is 0.943 bits per heavy atom. The van der Waals surface area contributed by atoms with Crippen LogP contribution in [0.3, 0.4) is 0 Å². The lowest BCUT2D eigenvalue weighted by Gasteiger charge is -2.45. The summed E-state index contributed by atoms with van der Waals surface area (Å²) >= 11 is 0. The van der Waals surface area contributed by atoms with Crippen molar-refractivity contribution in [3.05, 3.63) is 70.8 Å². The predicted octanol–water partition coefficient (Wildman–Crippen LogP) is 2.10. The number of nitrogens with one attached hydrogen (secondary N) is 1. The van der Waals surface area contributed by atoms with Crippen molar-refractivity contribution in [2.45, 2.75) is 62.3 Å². The second kappa shape index (κ2) is 7.83. The minimum absolute atomic E-state index is 0.0551. The molecule has 2 aromatic rings. The second-order valence-electron chi connectivity index (χ2n) is 10.3. The summed E-state index contributed by atoms with van der Waals surface area (Å²) in [4.78, 5) is 53.5. The predicted molar refractivity (Wildman–Crippen MR) is 125 cm³/mol. The highest BCUT2D eigenvalue weighted by Gasteiger charge is 2.56. The maximum Gasteiger partial charge on any atom is 0.262 e. The van der Waals surface area contributed by atoms with E-state index >= 15 is 0 Å². The fraction of sp³-hybridized carbons (Fsp3) is 0.407. The molecular weight excluding hydrogens is 446 g/mol. The van der Waals surface area contributed by atoms with Gasteiger partial charge in [-0.25, -0.2) is 0 Å². The van der Waals surface area contributed by atoms with Gasteiger partial charge in [0.05, 0.1) is 16.7 Å². The molecule has 35 heavy (non-hydrogen) atoms. The molecule has 0 bridgehead atoms. The first-order chi connectivity index (χ1) is 16.8.